The van der Waals surface area contributed by atoms with E-state index >= 15 is 0 Å². The van der Waals surface area contributed by atoms with Gasteiger partial charge < -0.3 is 15.0 Å². The first-order chi connectivity index (χ1) is 10.5. The first kappa shape index (κ1) is 14.8. The van der Waals surface area contributed by atoms with Crippen molar-refractivity contribution in [1.82, 2.24) is 15.2 Å². The lowest BCUT2D eigenvalue weighted by Gasteiger charge is -2.39. The summed E-state index contributed by atoms with van der Waals surface area (Å²) in [6.45, 7) is 6.38. The Balaban J connectivity index is 2.06. The van der Waals surface area contributed by atoms with E-state index in [1.54, 1.807) is 13.3 Å². The predicted octanol–water partition coefficient (Wildman–Crippen LogP) is 2.07. The number of methoxy groups -OCH3 is 1. The number of carbonyl (C=O) groups is 1. The van der Waals surface area contributed by atoms with Gasteiger partial charge in [0.05, 0.1) is 24.4 Å². The van der Waals surface area contributed by atoms with E-state index in [2.05, 4.69) is 24.1 Å². The number of rotatable bonds is 2. The summed E-state index contributed by atoms with van der Waals surface area (Å²) in [5.41, 5.74) is 1.33. The van der Waals surface area contributed by atoms with Crippen molar-refractivity contribution in [2.75, 3.05) is 26.7 Å². The first-order valence-electron chi connectivity index (χ1n) is 7.48. The van der Waals surface area contributed by atoms with Crippen molar-refractivity contribution in [3.05, 3.63) is 36.0 Å². The maximum atomic E-state index is 13.1. The van der Waals surface area contributed by atoms with E-state index in [4.69, 9.17) is 4.74 Å². The van der Waals surface area contributed by atoms with Crippen molar-refractivity contribution < 1.29 is 9.53 Å². The fraction of sp³-hybridized carbons (Fsp3) is 0.412. The Morgan fingerprint density at radius 1 is 1.36 bits per heavy atom. The van der Waals surface area contributed by atoms with Gasteiger partial charge in [0.25, 0.3) is 5.91 Å². The molecule has 0 atom stereocenters. The molecule has 0 aliphatic carbocycles. The molecule has 1 aromatic heterocycles. The lowest BCUT2D eigenvalue weighted by atomic mass is 10.0. The van der Waals surface area contributed by atoms with E-state index in [9.17, 15) is 4.79 Å². The Bertz CT molecular complexity index is 712. The molecule has 0 unspecified atom stereocenters. The van der Waals surface area contributed by atoms with E-state index in [0.717, 1.165) is 17.4 Å². The molecule has 3 rings (SSSR count). The molecule has 1 aliphatic rings. The average Bonchev–Trinajstić information content (AvgIpc) is 2.52. The van der Waals surface area contributed by atoms with E-state index in [-0.39, 0.29) is 11.4 Å². The Morgan fingerprint density at radius 3 is 2.86 bits per heavy atom. The molecule has 1 aliphatic heterocycles. The Hall–Kier alpha value is -2.14. The number of ether oxygens (including phenoxy) is 1. The summed E-state index contributed by atoms with van der Waals surface area (Å²) in [5, 5.41) is 4.26. The molecule has 0 saturated carbocycles. The van der Waals surface area contributed by atoms with E-state index in [0.29, 0.717) is 24.4 Å². The number of carbonyl (C=O) groups excluding carboxylic acids is 1. The van der Waals surface area contributed by atoms with Crippen LogP contribution in [0.2, 0.25) is 0 Å². The normalized spacial score (nSPS) is 17.5. The molecule has 1 amide bonds. The molecule has 0 bridgehead atoms. The zero-order chi connectivity index (χ0) is 15.7. The molecule has 116 valence electrons. The van der Waals surface area contributed by atoms with Gasteiger partial charge in [-0.15, -0.1) is 0 Å². The molecule has 1 fully saturated rings. The maximum Gasteiger partial charge on any atom is 0.258 e. The van der Waals surface area contributed by atoms with Crippen LogP contribution in [0.5, 0.6) is 5.75 Å². The van der Waals surface area contributed by atoms with Crippen molar-refractivity contribution in [3.63, 3.8) is 0 Å². The van der Waals surface area contributed by atoms with Gasteiger partial charge in [-0.25, -0.2) is 0 Å². The second-order valence-corrected chi connectivity index (χ2v) is 6.26. The topological polar surface area (TPSA) is 54.5 Å². The zero-order valence-corrected chi connectivity index (χ0v) is 13.2. The summed E-state index contributed by atoms with van der Waals surface area (Å²) >= 11 is 0. The summed E-state index contributed by atoms with van der Waals surface area (Å²) in [7, 11) is 1.57. The molecule has 2 heterocycles. The summed E-state index contributed by atoms with van der Waals surface area (Å²) in [4.78, 5) is 19.3. The van der Waals surface area contributed by atoms with Gasteiger partial charge in [-0.2, -0.15) is 0 Å². The lowest BCUT2D eigenvalue weighted by molar-refractivity contribution is 0.0651. The van der Waals surface area contributed by atoms with Crippen molar-refractivity contribution in [2.24, 2.45) is 0 Å². The minimum absolute atomic E-state index is 0.00465. The van der Waals surface area contributed by atoms with Crippen LogP contribution < -0.4 is 10.1 Å². The number of amides is 1. The Morgan fingerprint density at radius 2 is 2.14 bits per heavy atom. The Labute approximate surface area is 130 Å². The number of nitrogens with one attached hydrogen (secondary N) is 1. The SMILES string of the molecule is COc1cnc2ccccc2c1C(=O)N1CCNC(C)(C)C1. The second-order valence-electron chi connectivity index (χ2n) is 6.26. The summed E-state index contributed by atoms with van der Waals surface area (Å²) < 4.78 is 5.39. The maximum absolute atomic E-state index is 13.1. The van der Waals surface area contributed by atoms with Gasteiger partial charge in [-0.3, -0.25) is 9.78 Å². The number of fused-ring (bicyclic) bond motifs is 1. The van der Waals surface area contributed by atoms with Crippen LogP contribution in [0.3, 0.4) is 0 Å². The molecular weight excluding hydrogens is 278 g/mol. The monoisotopic (exact) mass is 299 g/mol. The van der Waals surface area contributed by atoms with Crippen LogP contribution >= 0.6 is 0 Å². The van der Waals surface area contributed by atoms with Crippen LogP contribution in [0.25, 0.3) is 10.9 Å². The first-order valence-corrected chi connectivity index (χ1v) is 7.48. The number of hydrogen-bond acceptors (Lipinski definition) is 4. The van der Waals surface area contributed by atoms with E-state index in [1.807, 2.05) is 29.2 Å². The van der Waals surface area contributed by atoms with Gasteiger partial charge in [-0.05, 0) is 19.9 Å². The van der Waals surface area contributed by atoms with Gasteiger partial charge in [-0.1, -0.05) is 18.2 Å². The highest BCUT2D eigenvalue weighted by Crippen LogP contribution is 2.28. The number of nitrogens with zero attached hydrogens (tertiary/aromatic N) is 2. The van der Waals surface area contributed by atoms with Crippen LogP contribution in [-0.2, 0) is 0 Å². The highest BCUT2D eigenvalue weighted by molar-refractivity contribution is 6.08. The standard InChI is InChI=1S/C17H21N3O2/c1-17(2)11-20(9-8-19-17)16(21)15-12-6-4-5-7-13(12)18-10-14(15)22-3/h4-7,10,19H,8-9,11H2,1-3H3. The Kier molecular flexibility index (Phi) is 3.74. The van der Waals surface area contributed by atoms with Crippen LogP contribution in [0.15, 0.2) is 30.5 Å². The third-order valence-electron chi connectivity index (χ3n) is 4.03. The number of benzene rings is 1. The summed E-state index contributed by atoms with van der Waals surface area (Å²) in [6.07, 6.45) is 1.63. The lowest BCUT2D eigenvalue weighted by Crippen LogP contribution is -2.58. The highest BCUT2D eigenvalue weighted by Gasteiger charge is 2.31. The van der Waals surface area contributed by atoms with Gasteiger partial charge in [0.1, 0.15) is 0 Å². The number of hydrogen-bond donors (Lipinski definition) is 1. The summed E-state index contributed by atoms with van der Waals surface area (Å²) in [5.74, 6) is 0.532. The molecular formula is C17H21N3O2. The second kappa shape index (κ2) is 5.57. The molecule has 1 N–H and O–H groups in total. The van der Waals surface area contributed by atoms with Gasteiger partial charge in [0.2, 0.25) is 0 Å². The highest BCUT2D eigenvalue weighted by atomic mass is 16.5. The number of pyridine rings is 1. The van der Waals surface area contributed by atoms with Gasteiger partial charge >= 0.3 is 0 Å². The fourth-order valence-electron chi connectivity index (χ4n) is 2.97. The minimum Gasteiger partial charge on any atom is -0.494 e. The van der Waals surface area contributed by atoms with Crippen molar-refractivity contribution in [2.45, 2.75) is 19.4 Å². The minimum atomic E-state index is -0.0794. The molecule has 2 aromatic rings. The quantitative estimate of drug-likeness (QED) is 0.922. The van der Waals surface area contributed by atoms with Crippen molar-refractivity contribution >= 4 is 16.8 Å². The number of aromatic nitrogens is 1. The van der Waals surface area contributed by atoms with Crippen LogP contribution in [0, 0.1) is 0 Å². The molecule has 5 nitrogen and oxygen atoms in total. The van der Waals surface area contributed by atoms with E-state index < -0.39 is 0 Å². The molecule has 1 saturated heterocycles. The largest absolute Gasteiger partial charge is 0.494 e. The average molecular weight is 299 g/mol. The van der Waals surface area contributed by atoms with Crippen molar-refractivity contribution in [1.29, 1.82) is 0 Å². The third kappa shape index (κ3) is 2.64. The van der Waals surface area contributed by atoms with Crippen molar-refractivity contribution in [3.8, 4) is 5.75 Å². The molecule has 1 aromatic carbocycles. The zero-order valence-electron chi connectivity index (χ0n) is 13.2. The number of piperazine rings is 1. The summed E-state index contributed by atoms with van der Waals surface area (Å²) in [6, 6.07) is 7.67. The molecule has 0 spiro atoms. The third-order valence-corrected chi connectivity index (χ3v) is 4.03. The van der Waals surface area contributed by atoms with Crippen LogP contribution in [0.4, 0.5) is 0 Å². The van der Waals surface area contributed by atoms with E-state index in [1.165, 1.54) is 0 Å². The fourth-order valence-corrected chi connectivity index (χ4v) is 2.97. The van der Waals surface area contributed by atoms with Crippen LogP contribution in [-0.4, -0.2) is 48.1 Å². The molecule has 0 radical (unpaired) electrons. The smallest absolute Gasteiger partial charge is 0.258 e. The van der Waals surface area contributed by atoms with Crippen LogP contribution in [0.1, 0.15) is 24.2 Å². The molecule has 22 heavy (non-hydrogen) atoms. The van der Waals surface area contributed by atoms with Gasteiger partial charge in [0.15, 0.2) is 5.75 Å². The van der Waals surface area contributed by atoms with Gasteiger partial charge in [0, 0.05) is 30.6 Å². The molecule has 5 heteroatoms. The predicted molar refractivity (Wildman–Crippen MR) is 86.3 cm³/mol. The number of para-hydroxylation sites is 1.